The molecule has 0 aromatic heterocycles. The zero-order valence-electron chi connectivity index (χ0n) is 16.7. The summed E-state index contributed by atoms with van der Waals surface area (Å²) in [4.78, 5) is 14.7. The van der Waals surface area contributed by atoms with Crippen molar-refractivity contribution in [2.24, 2.45) is 0 Å². The maximum absolute atomic E-state index is 13.3. The van der Waals surface area contributed by atoms with Crippen LogP contribution in [-0.4, -0.2) is 76.5 Å². The van der Waals surface area contributed by atoms with Crippen LogP contribution in [0.5, 0.6) is 0 Å². The number of sulfonamides is 1. The molecule has 27 heavy (non-hydrogen) atoms. The summed E-state index contributed by atoms with van der Waals surface area (Å²) in [5, 5.41) is 3.20. The van der Waals surface area contributed by atoms with Gasteiger partial charge in [-0.2, -0.15) is 4.31 Å². The van der Waals surface area contributed by atoms with Gasteiger partial charge in [0, 0.05) is 46.4 Å². The fourth-order valence-corrected chi connectivity index (χ4v) is 4.91. The molecule has 1 aliphatic heterocycles. The first-order valence-electron chi connectivity index (χ1n) is 9.32. The largest absolute Gasteiger partial charge is 0.385 e. The Morgan fingerprint density at radius 1 is 1.15 bits per heavy atom. The molecule has 0 unspecified atom stereocenters. The Hall–Kier alpha value is -1.48. The highest BCUT2D eigenvalue weighted by molar-refractivity contribution is 7.89. The van der Waals surface area contributed by atoms with E-state index in [1.807, 2.05) is 19.9 Å². The van der Waals surface area contributed by atoms with Crippen molar-refractivity contribution in [3.05, 3.63) is 28.8 Å². The van der Waals surface area contributed by atoms with Gasteiger partial charge < -0.3 is 15.0 Å². The number of piperazine rings is 1. The van der Waals surface area contributed by atoms with Crippen LogP contribution < -0.4 is 5.32 Å². The minimum atomic E-state index is -3.77. The molecule has 1 amide bonds. The van der Waals surface area contributed by atoms with E-state index in [1.165, 1.54) is 4.31 Å². The maximum atomic E-state index is 13.3. The van der Waals surface area contributed by atoms with Crippen LogP contribution in [-0.2, 0) is 19.6 Å². The van der Waals surface area contributed by atoms with Gasteiger partial charge >= 0.3 is 0 Å². The Bertz CT molecular complexity index is 758. The lowest BCUT2D eigenvalue weighted by atomic mass is 10.1. The minimum Gasteiger partial charge on any atom is -0.385 e. The third kappa shape index (κ3) is 5.51. The molecule has 0 aliphatic carbocycles. The van der Waals surface area contributed by atoms with Gasteiger partial charge in [-0.15, -0.1) is 0 Å². The van der Waals surface area contributed by atoms with Crippen molar-refractivity contribution in [1.82, 2.24) is 14.5 Å². The van der Waals surface area contributed by atoms with Crippen molar-refractivity contribution in [2.45, 2.75) is 32.1 Å². The maximum Gasteiger partial charge on any atom is 0.243 e. The zero-order chi connectivity index (χ0) is 20.0. The molecule has 0 bridgehead atoms. The van der Waals surface area contributed by atoms with Gasteiger partial charge in [-0.1, -0.05) is 6.07 Å². The molecule has 1 fully saturated rings. The first-order valence-corrected chi connectivity index (χ1v) is 10.8. The number of aryl methyl sites for hydroxylation is 3. The normalized spacial score (nSPS) is 15.4. The van der Waals surface area contributed by atoms with Crippen LogP contribution in [0, 0.1) is 20.8 Å². The van der Waals surface area contributed by atoms with Gasteiger partial charge in [0.1, 0.15) is 0 Å². The van der Waals surface area contributed by atoms with E-state index in [2.05, 4.69) is 5.32 Å². The summed E-state index contributed by atoms with van der Waals surface area (Å²) in [6, 6.07) is 3.59. The van der Waals surface area contributed by atoms with E-state index < -0.39 is 10.0 Å². The van der Waals surface area contributed by atoms with Crippen molar-refractivity contribution in [1.29, 1.82) is 0 Å². The highest BCUT2D eigenvalue weighted by atomic mass is 32.2. The highest BCUT2D eigenvalue weighted by Gasteiger charge is 2.30. The summed E-state index contributed by atoms with van der Waals surface area (Å²) in [5.74, 6) is -0.154. The molecule has 1 aromatic rings. The van der Waals surface area contributed by atoms with Crippen LogP contribution >= 0.6 is 0 Å². The molecule has 8 heteroatoms. The Labute approximate surface area is 162 Å². The van der Waals surface area contributed by atoms with Gasteiger partial charge in [-0.3, -0.25) is 4.79 Å². The molecular formula is C19H31N3O4S. The summed E-state index contributed by atoms with van der Waals surface area (Å²) in [6.07, 6.45) is 0.536. The van der Waals surface area contributed by atoms with E-state index in [9.17, 15) is 13.2 Å². The molecule has 7 nitrogen and oxygen atoms in total. The van der Waals surface area contributed by atoms with E-state index in [1.54, 1.807) is 25.0 Å². The monoisotopic (exact) mass is 397 g/mol. The average Bonchev–Trinajstić information content (AvgIpc) is 2.64. The van der Waals surface area contributed by atoms with Crippen molar-refractivity contribution in [3.63, 3.8) is 0 Å². The van der Waals surface area contributed by atoms with Gasteiger partial charge in [0.25, 0.3) is 0 Å². The minimum absolute atomic E-state index is 0.140. The third-order valence-electron chi connectivity index (χ3n) is 4.95. The third-order valence-corrected chi connectivity index (χ3v) is 6.93. The number of ether oxygens (including phenoxy) is 1. The van der Waals surface area contributed by atoms with Crippen molar-refractivity contribution in [2.75, 3.05) is 53.0 Å². The summed E-state index contributed by atoms with van der Waals surface area (Å²) >= 11 is 0. The van der Waals surface area contributed by atoms with Crippen LogP contribution in [0.3, 0.4) is 0 Å². The van der Waals surface area contributed by atoms with Crippen LogP contribution in [0.4, 0.5) is 0 Å². The van der Waals surface area contributed by atoms with Crippen LogP contribution in [0.1, 0.15) is 23.1 Å². The molecule has 1 saturated heterocycles. The Balaban J connectivity index is 2.28. The molecule has 0 spiro atoms. The molecule has 0 atom stereocenters. The fraction of sp³-hybridized carbons (Fsp3) is 0.632. The lowest BCUT2D eigenvalue weighted by Crippen LogP contribution is -2.50. The van der Waals surface area contributed by atoms with Crippen molar-refractivity contribution in [3.8, 4) is 0 Å². The number of carbonyl (C=O) groups excluding carboxylic acids is 1. The topological polar surface area (TPSA) is 79.0 Å². The SMILES string of the molecule is COCCCN(CC(=O)N1CCNCC1)S(=O)(=O)c1cc(C)c(C)cc1C. The highest BCUT2D eigenvalue weighted by Crippen LogP contribution is 2.24. The predicted molar refractivity (Wildman–Crippen MR) is 105 cm³/mol. The number of hydrogen-bond donors (Lipinski definition) is 1. The standard InChI is InChI=1S/C19H31N3O4S/c1-15-12-17(3)18(13-16(15)2)27(24,25)22(8-5-11-26-4)14-19(23)21-9-6-20-7-10-21/h12-13,20H,5-11,14H2,1-4H3. The number of benzene rings is 1. The van der Waals surface area contributed by atoms with E-state index in [4.69, 9.17) is 4.74 Å². The van der Waals surface area contributed by atoms with Crippen LogP contribution in [0.25, 0.3) is 0 Å². The summed E-state index contributed by atoms with van der Waals surface area (Å²) < 4.78 is 33.0. The summed E-state index contributed by atoms with van der Waals surface area (Å²) in [7, 11) is -2.19. The number of nitrogens with one attached hydrogen (secondary N) is 1. The van der Waals surface area contributed by atoms with E-state index >= 15 is 0 Å². The smallest absolute Gasteiger partial charge is 0.243 e. The predicted octanol–water partition coefficient (Wildman–Crippen LogP) is 1.07. The number of rotatable bonds is 8. The second kappa shape index (κ2) is 9.64. The van der Waals surface area contributed by atoms with E-state index in [0.29, 0.717) is 31.7 Å². The number of carbonyl (C=O) groups is 1. The van der Waals surface area contributed by atoms with Gasteiger partial charge in [0.05, 0.1) is 11.4 Å². The number of methoxy groups -OCH3 is 1. The Kier molecular flexibility index (Phi) is 7.79. The molecule has 1 heterocycles. The summed E-state index contributed by atoms with van der Waals surface area (Å²) in [6.45, 7) is 8.89. The first kappa shape index (κ1) is 21.8. The molecule has 0 radical (unpaired) electrons. The van der Waals surface area contributed by atoms with Gasteiger partial charge in [-0.25, -0.2) is 8.42 Å². The molecule has 152 valence electrons. The second-order valence-corrected chi connectivity index (χ2v) is 8.92. The molecule has 0 saturated carbocycles. The second-order valence-electron chi connectivity index (χ2n) is 7.02. The van der Waals surface area contributed by atoms with Crippen LogP contribution in [0.2, 0.25) is 0 Å². The van der Waals surface area contributed by atoms with Gasteiger partial charge in [-0.05, 0) is 49.9 Å². The molecule has 2 rings (SSSR count). The Morgan fingerprint density at radius 3 is 2.41 bits per heavy atom. The average molecular weight is 398 g/mol. The molecule has 1 aromatic carbocycles. The van der Waals surface area contributed by atoms with E-state index in [-0.39, 0.29) is 23.9 Å². The fourth-order valence-electron chi connectivity index (χ4n) is 3.19. The molecule has 1 aliphatic rings. The molecular weight excluding hydrogens is 366 g/mol. The van der Waals surface area contributed by atoms with Gasteiger partial charge in [0.2, 0.25) is 15.9 Å². The lowest BCUT2D eigenvalue weighted by molar-refractivity contribution is -0.132. The summed E-state index contributed by atoms with van der Waals surface area (Å²) in [5.41, 5.74) is 2.67. The van der Waals surface area contributed by atoms with E-state index in [0.717, 1.165) is 24.2 Å². The van der Waals surface area contributed by atoms with Crippen LogP contribution in [0.15, 0.2) is 17.0 Å². The lowest BCUT2D eigenvalue weighted by Gasteiger charge is -2.30. The van der Waals surface area contributed by atoms with Gasteiger partial charge in [0.15, 0.2) is 0 Å². The van der Waals surface area contributed by atoms with Crippen molar-refractivity contribution >= 4 is 15.9 Å². The van der Waals surface area contributed by atoms with Crippen molar-refractivity contribution < 1.29 is 17.9 Å². The molecule has 1 N–H and O–H groups in total. The quantitative estimate of drug-likeness (QED) is 0.664. The number of amides is 1. The number of nitrogens with zero attached hydrogens (tertiary/aromatic N) is 2. The zero-order valence-corrected chi connectivity index (χ0v) is 17.6. The first-order chi connectivity index (χ1) is 12.8. The Morgan fingerprint density at radius 2 is 1.78 bits per heavy atom. The number of hydrogen-bond acceptors (Lipinski definition) is 5.